The Morgan fingerprint density at radius 3 is 2.27 bits per heavy atom. The molecule has 6 heteroatoms. The molecule has 0 radical (unpaired) electrons. The van der Waals surface area contributed by atoms with Crippen molar-refractivity contribution in [2.45, 2.75) is 30.9 Å². The van der Waals surface area contributed by atoms with E-state index in [9.17, 15) is 13.2 Å². The number of Topliss-reactive ketones (excluding diaryl/α,β-unsaturated/α-hetero) is 1. The highest BCUT2D eigenvalue weighted by Gasteiger charge is 2.35. The van der Waals surface area contributed by atoms with Gasteiger partial charge >= 0.3 is 0 Å². The van der Waals surface area contributed by atoms with Crippen LogP contribution in [0.5, 0.6) is 0 Å². The fourth-order valence-corrected chi connectivity index (χ4v) is 6.33. The second kappa shape index (κ2) is 4.43. The summed E-state index contributed by atoms with van der Waals surface area (Å²) in [5, 5.41) is -0.207. The summed E-state index contributed by atoms with van der Waals surface area (Å²) in [4.78, 5) is 11.7. The summed E-state index contributed by atoms with van der Waals surface area (Å²) in [5.41, 5.74) is 0. The molecule has 0 heterocycles. The summed E-state index contributed by atoms with van der Waals surface area (Å²) in [7, 11) is -5.30. The van der Waals surface area contributed by atoms with Gasteiger partial charge in [-0.25, -0.2) is 3.63 Å². The molecule has 1 aliphatic carbocycles. The Morgan fingerprint density at radius 1 is 1.20 bits per heavy atom. The highest BCUT2D eigenvalue weighted by atomic mass is 32.3. The monoisotopic (exact) mass is 254 g/mol. The normalized spacial score (nSPS) is 25.3. The zero-order valence-corrected chi connectivity index (χ0v) is 11.0. The second-order valence-corrected chi connectivity index (χ2v) is 9.42. The molecule has 0 aromatic carbocycles. The summed E-state index contributed by atoms with van der Waals surface area (Å²) in [6.07, 6.45) is 7.77. The van der Waals surface area contributed by atoms with E-state index in [0.29, 0.717) is 6.42 Å². The molecule has 1 unspecified atom stereocenters. The van der Waals surface area contributed by atoms with Gasteiger partial charge in [0.25, 0.3) is 10.1 Å². The highest BCUT2D eigenvalue weighted by molar-refractivity contribution is 8.32. The van der Waals surface area contributed by atoms with E-state index >= 15 is 0 Å². The SMILES string of the molecule is CS(C)(OS(C)(=O)=O)C1CCCCC1=O. The number of ketones is 1. The predicted octanol–water partition coefficient (Wildman–Crippen LogP) is 1.45. The first-order valence-corrected chi connectivity index (χ1v) is 9.14. The highest BCUT2D eigenvalue weighted by Crippen LogP contribution is 2.51. The van der Waals surface area contributed by atoms with Gasteiger partial charge in [-0.1, -0.05) is 6.42 Å². The van der Waals surface area contributed by atoms with Crippen molar-refractivity contribution in [1.82, 2.24) is 0 Å². The largest absolute Gasteiger partial charge is 0.298 e. The molecule has 1 fully saturated rings. The van der Waals surface area contributed by atoms with E-state index in [1.165, 1.54) is 0 Å². The van der Waals surface area contributed by atoms with Crippen LogP contribution in [0.4, 0.5) is 0 Å². The molecule has 1 rings (SSSR count). The van der Waals surface area contributed by atoms with Crippen molar-refractivity contribution in [3.05, 3.63) is 0 Å². The molecule has 0 saturated heterocycles. The van der Waals surface area contributed by atoms with Crippen LogP contribution in [-0.4, -0.2) is 38.2 Å². The van der Waals surface area contributed by atoms with E-state index in [-0.39, 0.29) is 11.0 Å². The van der Waals surface area contributed by atoms with E-state index in [0.717, 1.165) is 25.5 Å². The van der Waals surface area contributed by atoms with Crippen LogP contribution in [-0.2, 0) is 18.5 Å². The lowest BCUT2D eigenvalue weighted by Gasteiger charge is -2.38. The molecule has 0 amide bonds. The van der Waals surface area contributed by atoms with Crippen molar-refractivity contribution >= 4 is 26.2 Å². The fraction of sp³-hybridized carbons (Fsp3) is 0.889. The molecule has 1 atom stereocenters. The number of carbonyl (C=O) groups excluding carboxylic acids is 1. The summed E-state index contributed by atoms with van der Waals surface area (Å²) >= 11 is 0. The summed E-state index contributed by atoms with van der Waals surface area (Å²) in [5.74, 6) is 0.157. The Labute approximate surface area is 93.0 Å². The fourth-order valence-electron chi connectivity index (χ4n) is 1.92. The maximum atomic E-state index is 11.7. The van der Waals surface area contributed by atoms with Crippen LogP contribution in [0.1, 0.15) is 25.7 Å². The van der Waals surface area contributed by atoms with E-state index in [1.54, 1.807) is 12.5 Å². The van der Waals surface area contributed by atoms with Gasteiger partial charge < -0.3 is 0 Å². The van der Waals surface area contributed by atoms with Gasteiger partial charge in [-0.05, 0) is 25.4 Å². The third kappa shape index (κ3) is 3.77. The average Bonchev–Trinajstić information content (AvgIpc) is 1.99. The molecule has 0 bridgehead atoms. The first-order chi connectivity index (χ1) is 6.72. The van der Waals surface area contributed by atoms with E-state index in [2.05, 4.69) is 0 Å². The molecule has 0 spiro atoms. The lowest BCUT2D eigenvalue weighted by atomic mass is 9.99. The van der Waals surface area contributed by atoms with Crippen molar-refractivity contribution in [3.8, 4) is 0 Å². The van der Waals surface area contributed by atoms with Gasteiger partial charge in [0.05, 0.1) is 11.5 Å². The molecule has 0 aromatic heterocycles. The van der Waals surface area contributed by atoms with Gasteiger partial charge in [0, 0.05) is 6.42 Å². The third-order valence-corrected chi connectivity index (χ3v) is 6.74. The smallest absolute Gasteiger partial charge is 0.273 e. The van der Waals surface area contributed by atoms with Crippen LogP contribution in [0.15, 0.2) is 0 Å². The quantitative estimate of drug-likeness (QED) is 0.765. The van der Waals surface area contributed by atoms with Crippen molar-refractivity contribution in [2.75, 3.05) is 18.8 Å². The number of hydrogen-bond donors (Lipinski definition) is 0. The first kappa shape index (κ1) is 13.0. The van der Waals surface area contributed by atoms with Gasteiger partial charge in [0.2, 0.25) is 0 Å². The molecule has 0 aliphatic heterocycles. The Balaban J connectivity index is 2.79. The molecule has 15 heavy (non-hydrogen) atoms. The summed E-state index contributed by atoms with van der Waals surface area (Å²) in [6.45, 7) is 0. The Bertz CT molecular complexity index is 345. The van der Waals surface area contributed by atoms with Crippen molar-refractivity contribution in [3.63, 3.8) is 0 Å². The van der Waals surface area contributed by atoms with E-state index in [4.69, 9.17) is 3.63 Å². The maximum absolute atomic E-state index is 11.7. The molecular weight excluding hydrogens is 236 g/mol. The molecule has 1 aliphatic rings. The number of hydrogen-bond acceptors (Lipinski definition) is 4. The van der Waals surface area contributed by atoms with Crippen molar-refractivity contribution < 1.29 is 16.8 Å². The standard InChI is InChI=1S/C9H18O4S2/c1-14(2,13-15(3,11)12)9-7-5-4-6-8(9)10/h9H,4-7H2,1-3H3. The van der Waals surface area contributed by atoms with E-state index in [1.807, 2.05) is 0 Å². The summed E-state index contributed by atoms with van der Waals surface area (Å²) < 4.78 is 27.2. The third-order valence-electron chi connectivity index (χ3n) is 2.48. The average molecular weight is 254 g/mol. The van der Waals surface area contributed by atoms with Gasteiger partial charge in [-0.3, -0.25) is 4.79 Å². The van der Waals surface area contributed by atoms with Gasteiger partial charge in [0.1, 0.15) is 5.78 Å². The lowest BCUT2D eigenvalue weighted by molar-refractivity contribution is -0.119. The van der Waals surface area contributed by atoms with Crippen molar-refractivity contribution in [1.29, 1.82) is 0 Å². The van der Waals surface area contributed by atoms with Crippen LogP contribution >= 0.6 is 10.3 Å². The maximum Gasteiger partial charge on any atom is 0.273 e. The molecule has 90 valence electrons. The van der Waals surface area contributed by atoms with Crippen molar-refractivity contribution in [2.24, 2.45) is 0 Å². The molecule has 1 saturated carbocycles. The van der Waals surface area contributed by atoms with Gasteiger partial charge in [0.15, 0.2) is 0 Å². The number of carbonyl (C=O) groups is 1. The Kier molecular flexibility index (Phi) is 3.84. The van der Waals surface area contributed by atoms with Crippen LogP contribution in [0.3, 0.4) is 0 Å². The van der Waals surface area contributed by atoms with Crippen LogP contribution < -0.4 is 0 Å². The lowest BCUT2D eigenvalue weighted by Crippen LogP contribution is -2.31. The number of rotatable bonds is 3. The zero-order valence-electron chi connectivity index (χ0n) is 9.36. The summed E-state index contributed by atoms with van der Waals surface area (Å²) in [6, 6.07) is 0. The molecular formula is C9H18O4S2. The van der Waals surface area contributed by atoms with Gasteiger partial charge in [-0.2, -0.15) is 8.42 Å². The minimum Gasteiger partial charge on any atom is -0.298 e. The minimum absolute atomic E-state index is 0.157. The second-order valence-electron chi connectivity index (χ2n) is 4.28. The Morgan fingerprint density at radius 2 is 1.80 bits per heavy atom. The van der Waals surface area contributed by atoms with Crippen LogP contribution in [0, 0.1) is 0 Å². The topological polar surface area (TPSA) is 60.4 Å². The molecule has 4 nitrogen and oxygen atoms in total. The molecule has 0 N–H and O–H groups in total. The Hall–Kier alpha value is -0.0700. The van der Waals surface area contributed by atoms with Crippen LogP contribution in [0.2, 0.25) is 0 Å². The predicted molar refractivity (Wildman–Crippen MR) is 62.6 cm³/mol. The first-order valence-electron chi connectivity index (χ1n) is 4.88. The van der Waals surface area contributed by atoms with Gasteiger partial charge in [-0.15, -0.1) is 10.3 Å². The molecule has 0 aromatic rings. The zero-order chi connectivity index (χ0) is 11.7. The van der Waals surface area contributed by atoms with E-state index < -0.39 is 20.4 Å². The van der Waals surface area contributed by atoms with Crippen LogP contribution in [0.25, 0.3) is 0 Å². The minimum atomic E-state index is -3.47.